The Bertz CT molecular complexity index is 1230. The van der Waals surface area contributed by atoms with Crippen LogP contribution in [0, 0.1) is 0 Å². The summed E-state index contributed by atoms with van der Waals surface area (Å²) >= 11 is 0. The van der Waals surface area contributed by atoms with E-state index in [1.807, 2.05) is 73.7 Å². The van der Waals surface area contributed by atoms with E-state index in [9.17, 15) is 9.59 Å². The molecule has 0 saturated heterocycles. The number of hydrogen-bond acceptors (Lipinski definition) is 3. The highest BCUT2D eigenvalue weighted by molar-refractivity contribution is 5.92. The molecule has 0 unspecified atom stereocenters. The summed E-state index contributed by atoms with van der Waals surface area (Å²) in [6.07, 6.45) is 8.46. The first-order valence-corrected chi connectivity index (χ1v) is 13.3. The quantitative estimate of drug-likeness (QED) is 0.181. The van der Waals surface area contributed by atoms with Crippen molar-refractivity contribution in [2.24, 2.45) is 0 Å². The summed E-state index contributed by atoms with van der Waals surface area (Å²) in [5, 5.41) is 12.0. The van der Waals surface area contributed by atoms with Crippen LogP contribution in [0.1, 0.15) is 51.5 Å². The van der Waals surface area contributed by atoms with Gasteiger partial charge in [0.2, 0.25) is 0 Å². The molecule has 0 atom stereocenters. The number of carbonyl (C=O) groups excluding carboxylic acids is 1. The third-order valence-electron chi connectivity index (χ3n) is 6.36. The monoisotopic (exact) mass is 514 g/mol. The molecule has 0 aliphatic heterocycles. The predicted octanol–water partition coefficient (Wildman–Crippen LogP) is 7.63. The van der Waals surface area contributed by atoms with Crippen molar-refractivity contribution in [1.82, 2.24) is 5.32 Å². The maximum atomic E-state index is 12.6. The molecule has 0 bridgehead atoms. The van der Waals surface area contributed by atoms with Crippen molar-refractivity contribution >= 4 is 23.8 Å². The van der Waals surface area contributed by atoms with Crippen LogP contribution in [0.25, 0.3) is 28.3 Å². The van der Waals surface area contributed by atoms with Crippen LogP contribution < -0.4 is 15.0 Å². The van der Waals surface area contributed by atoms with E-state index in [-0.39, 0.29) is 6.03 Å². The minimum Gasteiger partial charge on any atom is -0.493 e. The second-order valence-electron chi connectivity index (χ2n) is 9.16. The summed E-state index contributed by atoms with van der Waals surface area (Å²) < 4.78 is 5.90. The Labute approximate surface area is 226 Å². The highest BCUT2D eigenvalue weighted by Gasteiger charge is 2.13. The molecule has 38 heavy (non-hydrogen) atoms. The molecule has 200 valence electrons. The third kappa shape index (κ3) is 7.97. The van der Waals surface area contributed by atoms with Crippen LogP contribution in [0.15, 0.2) is 72.8 Å². The van der Waals surface area contributed by atoms with E-state index in [0.717, 1.165) is 46.9 Å². The van der Waals surface area contributed by atoms with Gasteiger partial charge in [-0.2, -0.15) is 0 Å². The van der Waals surface area contributed by atoms with Crippen LogP contribution in [0.5, 0.6) is 5.75 Å². The highest BCUT2D eigenvalue weighted by atomic mass is 16.5. The second kappa shape index (κ2) is 14.6. The molecule has 0 aliphatic carbocycles. The molecule has 0 saturated carbocycles. The molecule has 0 aromatic heterocycles. The average molecular weight is 515 g/mol. The molecule has 0 aliphatic rings. The number of nitrogens with zero attached hydrogens (tertiary/aromatic N) is 1. The Morgan fingerprint density at radius 3 is 2.32 bits per heavy atom. The fourth-order valence-electron chi connectivity index (χ4n) is 4.28. The Kier molecular flexibility index (Phi) is 11.0. The van der Waals surface area contributed by atoms with Gasteiger partial charge in [-0.1, -0.05) is 87.2 Å². The fourth-order valence-corrected chi connectivity index (χ4v) is 4.28. The first-order chi connectivity index (χ1) is 18.4. The number of carboxylic acids is 1. The van der Waals surface area contributed by atoms with Crippen molar-refractivity contribution in [2.45, 2.75) is 46.0 Å². The lowest BCUT2D eigenvalue weighted by atomic mass is 9.97. The summed E-state index contributed by atoms with van der Waals surface area (Å²) in [7, 11) is 1.79. The molecule has 0 radical (unpaired) electrons. The summed E-state index contributed by atoms with van der Waals surface area (Å²) in [6.45, 7) is 5.25. The van der Waals surface area contributed by atoms with Gasteiger partial charge in [0.05, 0.1) is 6.61 Å². The van der Waals surface area contributed by atoms with E-state index in [4.69, 9.17) is 9.84 Å². The normalized spacial score (nSPS) is 10.9. The number of ether oxygens (including phenoxy) is 1. The fraction of sp³-hybridized carbons (Fsp3) is 0.312. The first kappa shape index (κ1) is 28.5. The van der Waals surface area contributed by atoms with Crippen LogP contribution >= 0.6 is 0 Å². The molecular weight excluding hydrogens is 476 g/mol. The van der Waals surface area contributed by atoms with Crippen molar-refractivity contribution in [2.75, 3.05) is 25.1 Å². The number of hydrogen-bond donors (Lipinski definition) is 2. The summed E-state index contributed by atoms with van der Waals surface area (Å²) in [4.78, 5) is 25.3. The maximum Gasteiger partial charge on any atom is 0.328 e. The van der Waals surface area contributed by atoms with Crippen molar-refractivity contribution < 1.29 is 19.4 Å². The minimum absolute atomic E-state index is 0.103. The number of aliphatic carboxylic acids is 1. The highest BCUT2D eigenvalue weighted by Crippen LogP contribution is 2.35. The molecular formula is C32H38N2O4. The molecule has 2 amide bonds. The molecule has 6 heteroatoms. The zero-order valence-corrected chi connectivity index (χ0v) is 22.6. The van der Waals surface area contributed by atoms with Crippen LogP contribution in [0.4, 0.5) is 10.5 Å². The number of unbranched alkanes of at least 4 members (excludes halogenated alkanes) is 4. The van der Waals surface area contributed by atoms with Crippen LogP contribution in [-0.4, -0.2) is 37.3 Å². The van der Waals surface area contributed by atoms with Crippen LogP contribution in [-0.2, 0) is 4.79 Å². The molecule has 0 fully saturated rings. The third-order valence-corrected chi connectivity index (χ3v) is 6.36. The zero-order chi connectivity index (χ0) is 27.3. The van der Waals surface area contributed by atoms with Gasteiger partial charge in [-0.15, -0.1) is 0 Å². The first-order valence-electron chi connectivity index (χ1n) is 13.3. The predicted molar refractivity (Wildman–Crippen MR) is 156 cm³/mol. The van der Waals surface area contributed by atoms with Crippen molar-refractivity contribution in [3.05, 3.63) is 78.4 Å². The van der Waals surface area contributed by atoms with Gasteiger partial charge >= 0.3 is 12.0 Å². The Morgan fingerprint density at radius 2 is 1.61 bits per heavy atom. The Morgan fingerprint density at radius 1 is 0.895 bits per heavy atom. The number of carboxylic acid groups (broad SMARTS) is 1. The van der Waals surface area contributed by atoms with Gasteiger partial charge < -0.3 is 15.2 Å². The average Bonchev–Trinajstić information content (AvgIpc) is 2.94. The summed E-state index contributed by atoms with van der Waals surface area (Å²) in [5.74, 6) is -0.352. The van der Waals surface area contributed by atoms with E-state index in [1.165, 1.54) is 19.3 Å². The number of urea groups is 1. The molecule has 6 nitrogen and oxygen atoms in total. The van der Waals surface area contributed by atoms with Gasteiger partial charge in [0.1, 0.15) is 5.75 Å². The number of carbonyl (C=O) groups is 2. The van der Waals surface area contributed by atoms with Gasteiger partial charge in [-0.25, -0.2) is 9.59 Å². The standard InChI is InChI=1S/C32H38N2O4/c1-4-6-7-8-9-22-33-32(37)34(3)28-14-10-13-27(23-28)24-16-18-25(19-17-24)29-15-11-12-26(20-21-30(35)36)31(29)38-5-2/h10-21,23H,4-9,22H2,1-3H3,(H,33,37)(H,35,36)/b21-20-. The molecule has 0 spiro atoms. The lowest BCUT2D eigenvalue weighted by Gasteiger charge is -2.19. The smallest absolute Gasteiger partial charge is 0.328 e. The van der Waals surface area contributed by atoms with Crippen molar-refractivity contribution in [3.63, 3.8) is 0 Å². The van der Waals surface area contributed by atoms with Crippen LogP contribution in [0.3, 0.4) is 0 Å². The molecule has 3 rings (SSSR count). The molecule has 3 aromatic carbocycles. The Balaban J connectivity index is 1.75. The van der Waals surface area contributed by atoms with E-state index in [0.29, 0.717) is 24.5 Å². The van der Waals surface area contributed by atoms with Gasteiger partial charge in [0, 0.05) is 36.5 Å². The van der Waals surface area contributed by atoms with Gasteiger partial charge in [-0.05, 0) is 48.2 Å². The zero-order valence-electron chi connectivity index (χ0n) is 22.6. The number of para-hydroxylation sites is 1. The number of nitrogens with one attached hydrogen (secondary N) is 1. The number of anilines is 1. The van der Waals surface area contributed by atoms with E-state index in [2.05, 4.69) is 12.2 Å². The molecule has 0 heterocycles. The topological polar surface area (TPSA) is 78.9 Å². The second-order valence-corrected chi connectivity index (χ2v) is 9.16. The van der Waals surface area contributed by atoms with Crippen molar-refractivity contribution in [3.8, 4) is 28.0 Å². The Hall–Kier alpha value is -4.06. The number of amides is 2. The van der Waals surface area contributed by atoms with Crippen molar-refractivity contribution in [1.29, 1.82) is 0 Å². The van der Waals surface area contributed by atoms with E-state index < -0.39 is 5.97 Å². The SMILES string of the molecule is CCCCCCCNC(=O)N(C)c1cccc(-c2ccc(-c3cccc(/C=C\C(=O)O)c3OCC)cc2)c1. The lowest BCUT2D eigenvalue weighted by Crippen LogP contribution is -2.37. The van der Waals surface area contributed by atoms with Gasteiger partial charge in [0.15, 0.2) is 0 Å². The summed E-state index contributed by atoms with van der Waals surface area (Å²) in [5.41, 5.74) is 5.44. The minimum atomic E-state index is -1.00. The molecule has 2 N–H and O–H groups in total. The van der Waals surface area contributed by atoms with Gasteiger partial charge in [-0.3, -0.25) is 4.90 Å². The number of benzene rings is 3. The molecule has 3 aromatic rings. The number of rotatable bonds is 13. The van der Waals surface area contributed by atoms with Gasteiger partial charge in [0.25, 0.3) is 0 Å². The maximum absolute atomic E-state index is 12.6. The van der Waals surface area contributed by atoms with Crippen LogP contribution in [0.2, 0.25) is 0 Å². The lowest BCUT2D eigenvalue weighted by molar-refractivity contribution is -0.131. The van der Waals surface area contributed by atoms with E-state index in [1.54, 1.807) is 18.0 Å². The summed E-state index contributed by atoms with van der Waals surface area (Å²) in [6, 6.07) is 21.7. The van der Waals surface area contributed by atoms with E-state index >= 15 is 0 Å². The largest absolute Gasteiger partial charge is 0.493 e.